The maximum Gasteiger partial charge on any atom is 0.265 e. The summed E-state index contributed by atoms with van der Waals surface area (Å²) in [5.74, 6) is 1.10. The summed E-state index contributed by atoms with van der Waals surface area (Å²) < 4.78 is 44.1. The molecule has 0 saturated carbocycles. The van der Waals surface area contributed by atoms with Crippen molar-refractivity contribution in [2.24, 2.45) is 0 Å². The second kappa shape index (κ2) is 10.3. The number of sulfonamides is 1. The van der Waals surface area contributed by atoms with Crippen LogP contribution in [0.25, 0.3) is 0 Å². The first-order valence-corrected chi connectivity index (χ1v) is 11.6. The highest BCUT2D eigenvalue weighted by molar-refractivity contribution is 7.92. The van der Waals surface area contributed by atoms with Gasteiger partial charge in [-0.05, 0) is 67.9 Å². The monoisotopic (exact) mass is 470 g/mol. The summed E-state index contributed by atoms with van der Waals surface area (Å²) in [6, 6.07) is 18.0. The number of nitrogens with one attached hydrogen (secondary N) is 2. The predicted octanol–water partition coefficient (Wildman–Crippen LogP) is 4.22. The third-order valence-electron chi connectivity index (χ3n) is 4.76. The number of carbonyl (C=O) groups is 1. The quantitative estimate of drug-likeness (QED) is 0.485. The molecule has 0 unspecified atom stereocenters. The Bertz CT molecular complexity index is 1230. The Morgan fingerprint density at radius 2 is 1.64 bits per heavy atom. The van der Waals surface area contributed by atoms with Crippen LogP contribution >= 0.6 is 0 Å². The third-order valence-corrected chi connectivity index (χ3v) is 6.14. The minimum absolute atomic E-state index is 0.0300. The molecule has 2 N–H and O–H groups in total. The zero-order chi connectivity index (χ0) is 24.0. The van der Waals surface area contributed by atoms with Gasteiger partial charge >= 0.3 is 0 Å². The normalized spacial score (nSPS) is 11.9. The Hall–Kier alpha value is -3.72. The van der Waals surface area contributed by atoms with Crippen LogP contribution in [-0.2, 0) is 14.8 Å². The number of carbonyl (C=O) groups excluding carboxylic acids is 1. The summed E-state index contributed by atoms with van der Waals surface area (Å²) in [6.45, 7) is 3.58. The maximum absolute atomic E-state index is 12.8. The van der Waals surface area contributed by atoms with Crippen molar-refractivity contribution in [1.29, 1.82) is 0 Å². The Labute approximate surface area is 193 Å². The molecule has 174 valence electrons. The lowest BCUT2D eigenvalue weighted by molar-refractivity contribution is -0.122. The average Bonchev–Trinajstić information content (AvgIpc) is 2.79. The number of rotatable bonds is 9. The van der Waals surface area contributed by atoms with Gasteiger partial charge in [-0.3, -0.25) is 9.52 Å². The van der Waals surface area contributed by atoms with Crippen LogP contribution in [0.4, 0.5) is 11.4 Å². The molecule has 0 spiro atoms. The highest BCUT2D eigenvalue weighted by atomic mass is 32.2. The van der Waals surface area contributed by atoms with Crippen LogP contribution in [0, 0.1) is 6.92 Å². The number of anilines is 2. The van der Waals surface area contributed by atoms with E-state index in [-0.39, 0.29) is 16.5 Å². The molecule has 0 aliphatic heterocycles. The van der Waals surface area contributed by atoms with Crippen molar-refractivity contribution in [2.75, 3.05) is 24.3 Å². The van der Waals surface area contributed by atoms with Gasteiger partial charge < -0.3 is 19.5 Å². The molecule has 9 heteroatoms. The molecule has 0 bridgehead atoms. The van der Waals surface area contributed by atoms with E-state index in [0.29, 0.717) is 22.9 Å². The smallest absolute Gasteiger partial charge is 0.265 e. The van der Waals surface area contributed by atoms with Crippen LogP contribution in [-0.4, -0.2) is 34.6 Å². The Kier molecular flexibility index (Phi) is 7.44. The summed E-state index contributed by atoms with van der Waals surface area (Å²) in [7, 11) is -0.933. The second-order valence-corrected chi connectivity index (χ2v) is 8.94. The number of hydrogen-bond acceptors (Lipinski definition) is 6. The molecule has 33 heavy (non-hydrogen) atoms. The number of amides is 1. The highest BCUT2D eigenvalue weighted by Gasteiger charge is 2.19. The van der Waals surface area contributed by atoms with E-state index in [9.17, 15) is 13.2 Å². The number of hydrogen-bond donors (Lipinski definition) is 2. The summed E-state index contributed by atoms with van der Waals surface area (Å²) in [5.41, 5.74) is 1.75. The van der Waals surface area contributed by atoms with Gasteiger partial charge in [-0.15, -0.1) is 0 Å². The van der Waals surface area contributed by atoms with Crippen molar-refractivity contribution < 1.29 is 27.4 Å². The first-order chi connectivity index (χ1) is 15.7. The lowest BCUT2D eigenvalue weighted by Crippen LogP contribution is -2.30. The second-order valence-electron chi connectivity index (χ2n) is 7.26. The minimum atomic E-state index is -3.88. The fraction of sp³-hybridized carbons (Fsp3) is 0.208. The van der Waals surface area contributed by atoms with Gasteiger partial charge in [0.2, 0.25) is 0 Å². The van der Waals surface area contributed by atoms with Crippen molar-refractivity contribution in [1.82, 2.24) is 0 Å². The van der Waals surface area contributed by atoms with Gasteiger partial charge in [0.25, 0.3) is 15.9 Å². The number of benzene rings is 3. The third kappa shape index (κ3) is 6.17. The van der Waals surface area contributed by atoms with Gasteiger partial charge in [-0.2, -0.15) is 0 Å². The topological polar surface area (TPSA) is 103 Å². The SMILES string of the molecule is COc1ccc(NS(=O)(=O)c2ccc(NC(=O)[C@@H](C)Oc3cccc(C)c3)cc2)c(OC)c1. The first kappa shape index (κ1) is 23.9. The molecule has 0 aliphatic carbocycles. The van der Waals surface area contributed by atoms with E-state index >= 15 is 0 Å². The van der Waals surface area contributed by atoms with Gasteiger partial charge in [0, 0.05) is 11.8 Å². The van der Waals surface area contributed by atoms with Crippen LogP contribution < -0.4 is 24.2 Å². The van der Waals surface area contributed by atoms with E-state index in [1.807, 2.05) is 25.1 Å². The molecule has 3 rings (SSSR count). The Morgan fingerprint density at radius 3 is 2.27 bits per heavy atom. The molecule has 0 aromatic heterocycles. The van der Waals surface area contributed by atoms with E-state index in [4.69, 9.17) is 14.2 Å². The molecule has 0 radical (unpaired) electrons. The van der Waals surface area contributed by atoms with Gasteiger partial charge in [-0.1, -0.05) is 12.1 Å². The van der Waals surface area contributed by atoms with Gasteiger partial charge in [0.15, 0.2) is 6.10 Å². The maximum atomic E-state index is 12.8. The van der Waals surface area contributed by atoms with E-state index in [1.165, 1.54) is 38.5 Å². The van der Waals surface area contributed by atoms with Gasteiger partial charge in [-0.25, -0.2) is 8.42 Å². The highest BCUT2D eigenvalue weighted by Crippen LogP contribution is 2.31. The van der Waals surface area contributed by atoms with E-state index in [2.05, 4.69) is 10.0 Å². The fourth-order valence-corrected chi connectivity index (χ4v) is 4.06. The van der Waals surface area contributed by atoms with E-state index < -0.39 is 16.1 Å². The number of methoxy groups -OCH3 is 2. The molecule has 3 aromatic rings. The predicted molar refractivity (Wildman–Crippen MR) is 127 cm³/mol. The molecule has 3 aromatic carbocycles. The lowest BCUT2D eigenvalue weighted by atomic mass is 10.2. The lowest BCUT2D eigenvalue weighted by Gasteiger charge is -2.16. The van der Waals surface area contributed by atoms with Crippen molar-refractivity contribution in [3.8, 4) is 17.2 Å². The van der Waals surface area contributed by atoms with Crippen molar-refractivity contribution in [3.05, 3.63) is 72.3 Å². The van der Waals surface area contributed by atoms with E-state index in [1.54, 1.807) is 31.2 Å². The summed E-state index contributed by atoms with van der Waals surface area (Å²) in [5, 5.41) is 2.72. The molecule has 1 atom stereocenters. The number of aryl methyl sites for hydroxylation is 1. The Morgan fingerprint density at radius 1 is 0.909 bits per heavy atom. The van der Waals surface area contributed by atoms with Crippen molar-refractivity contribution >= 4 is 27.3 Å². The molecule has 0 aliphatic rings. The zero-order valence-electron chi connectivity index (χ0n) is 18.8. The van der Waals surface area contributed by atoms with Crippen LogP contribution in [0.5, 0.6) is 17.2 Å². The first-order valence-electron chi connectivity index (χ1n) is 10.1. The largest absolute Gasteiger partial charge is 0.497 e. The summed E-state index contributed by atoms with van der Waals surface area (Å²) >= 11 is 0. The molecule has 0 saturated heterocycles. The molecule has 0 heterocycles. The molecule has 8 nitrogen and oxygen atoms in total. The minimum Gasteiger partial charge on any atom is -0.497 e. The van der Waals surface area contributed by atoms with Gasteiger partial charge in [0.05, 0.1) is 24.8 Å². The average molecular weight is 471 g/mol. The molecule has 1 amide bonds. The number of ether oxygens (including phenoxy) is 3. The van der Waals surface area contributed by atoms with Crippen molar-refractivity contribution in [2.45, 2.75) is 24.8 Å². The standard InChI is InChI=1S/C24H26N2O6S/c1-16-6-5-7-20(14-16)32-17(2)24(27)25-18-8-11-21(12-9-18)33(28,29)26-22-13-10-19(30-3)15-23(22)31-4/h5-15,17,26H,1-4H3,(H,25,27)/t17-/m1/s1. The fourth-order valence-electron chi connectivity index (χ4n) is 2.99. The summed E-state index contributed by atoms with van der Waals surface area (Å²) in [4.78, 5) is 12.5. The van der Waals surface area contributed by atoms with Crippen LogP contribution in [0.3, 0.4) is 0 Å². The molecular formula is C24H26N2O6S. The van der Waals surface area contributed by atoms with Crippen LogP contribution in [0.1, 0.15) is 12.5 Å². The molecular weight excluding hydrogens is 444 g/mol. The summed E-state index contributed by atoms with van der Waals surface area (Å²) in [6.07, 6.45) is -0.737. The Balaban J connectivity index is 1.67. The van der Waals surface area contributed by atoms with E-state index in [0.717, 1.165) is 5.56 Å². The van der Waals surface area contributed by atoms with Gasteiger partial charge in [0.1, 0.15) is 17.2 Å². The van der Waals surface area contributed by atoms with Crippen LogP contribution in [0.15, 0.2) is 71.6 Å². The zero-order valence-corrected chi connectivity index (χ0v) is 19.6. The van der Waals surface area contributed by atoms with Crippen molar-refractivity contribution in [3.63, 3.8) is 0 Å². The molecule has 0 fully saturated rings. The van der Waals surface area contributed by atoms with Crippen LogP contribution in [0.2, 0.25) is 0 Å².